The van der Waals surface area contributed by atoms with E-state index in [0.29, 0.717) is 29.5 Å². The maximum Gasteiger partial charge on any atom is 0.258 e. The Bertz CT molecular complexity index is 1020. The van der Waals surface area contributed by atoms with E-state index < -0.39 is 0 Å². The number of anilines is 1. The van der Waals surface area contributed by atoms with Crippen molar-refractivity contribution in [2.75, 3.05) is 38.2 Å². The molecule has 0 bridgehead atoms. The van der Waals surface area contributed by atoms with Crippen molar-refractivity contribution in [2.45, 2.75) is 13.3 Å². The summed E-state index contributed by atoms with van der Waals surface area (Å²) in [6.07, 6.45) is 0.890. The molecule has 156 valence electrons. The van der Waals surface area contributed by atoms with Gasteiger partial charge in [0.15, 0.2) is 0 Å². The summed E-state index contributed by atoms with van der Waals surface area (Å²) in [6, 6.07) is 17.7. The maximum absolute atomic E-state index is 13.3. The Balaban J connectivity index is 1.51. The summed E-state index contributed by atoms with van der Waals surface area (Å²) < 4.78 is 6.87. The Morgan fingerprint density at radius 1 is 0.967 bits per heavy atom. The second kappa shape index (κ2) is 8.79. The fraction of sp³-hybridized carbons (Fsp3) is 0.304. The van der Waals surface area contributed by atoms with Gasteiger partial charge < -0.3 is 14.5 Å². The molecule has 0 N–H and O–H groups in total. The van der Waals surface area contributed by atoms with Crippen LogP contribution >= 0.6 is 11.6 Å². The van der Waals surface area contributed by atoms with Gasteiger partial charge in [0.25, 0.3) is 5.91 Å². The van der Waals surface area contributed by atoms with E-state index in [-0.39, 0.29) is 5.91 Å². The lowest BCUT2D eigenvalue weighted by Gasteiger charge is -2.24. The molecule has 4 rings (SSSR count). The number of para-hydroxylation sites is 1. The molecule has 2 heterocycles. The van der Waals surface area contributed by atoms with Gasteiger partial charge in [-0.1, -0.05) is 29.8 Å². The first kappa shape index (κ1) is 20.3. The Kier molecular flexibility index (Phi) is 5.95. The van der Waals surface area contributed by atoms with Crippen LogP contribution in [-0.4, -0.2) is 53.9 Å². The van der Waals surface area contributed by atoms with Gasteiger partial charge in [-0.25, -0.2) is 4.68 Å². The lowest BCUT2D eigenvalue weighted by molar-refractivity contribution is 0.0766. The molecule has 0 unspecified atom stereocenters. The zero-order valence-electron chi connectivity index (χ0n) is 17.2. The molecule has 30 heavy (non-hydrogen) atoms. The Labute approximate surface area is 181 Å². The number of aryl methyl sites for hydroxylation is 1. The molecule has 1 amide bonds. The molecule has 1 aliphatic rings. The standard InChI is InChI=1S/C23H25ClN4O2/c1-17-21(22(24)28(25-17)19-7-4-3-5-8-19)23(29)27-14-6-13-26(15-16-27)18-9-11-20(30-2)12-10-18/h3-5,7-12H,6,13-16H2,1-2H3. The SMILES string of the molecule is COc1ccc(N2CCCN(C(=O)c3c(C)nn(-c4ccccc4)c3Cl)CC2)cc1. The summed E-state index contributed by atoms with van der Waals surface area (Å²) in [5, 5.41) is 4.87. The molecule has 2 aromatic carbocycles. The molecular formula is C23H25ClN4O2. The van der Waals surface area contributed by atoms with E-state index in [9.17, 15) is 4.79 Å². The third-order valence-electron chi connectivity index (χ3n) is 5.44. The van der Waals surface area contributed by atoms with E-state index in [1.54, 1.807) is 11.8 Å². The van der Waals surface area contributed by atoms with Gasteiger partial charge in [0.2, 0.25) is 0 Å². The van der Waals surface area contributed by atoms with Crippen LogP contribution in [0.15, 0.2) is 54.6 Å². The quantitative estimate of drug-likeness (QED) is 0.630. The number of halogens is 1. The van der Waals surface area contributed by atoms with Gasteiger partial charge in [0.05, 0.1) is 24.1 Å². The first-order valence-corrected chi connectivity index (χ1v) is 10.4. The smallest absolute Gasteiger partial charge is 0.258 e. The number of methoxy groups -OCH3 is 1. The topological polar surface area (TPSA) is 50.6 Å². The number of carbonyl (C=O) groups is 1. The minimum Gasteiger partial charge on any atom is -0.497 e. The number of aromatic nitrogens is 2. The third kappa shape index (κ3) is 4.00. The van der Waals surface area contributed by atoms with Gasteiger partial charge >= 0.3 is 0 Å². The van der Waals surface area contributed by atoms with Gasteiger partial charge in [-0.3, -0.25) is 4.79 Å². The number of amides is 1. The lowest BCUT2D eigenvalue weighted by atomic mass is 10.2. The van der Waals surface area contributed by atoms with Crippen LogP contribution < -0.4 is 9.64 Å². The number of nitrogens with zero attached hydrogens (tertiary/aromatic N) is 4. The summed E-state index contributed by atoms with van der Waals surface area (Å²) in [4.78, 5) is 17.5. The van der Waals surface area contributed by atoms with Crippen molar-refractivity contribution in [3.63, 3.8) is 0 Å². The molecule has 0 atom stereocenters. The minimum atomic E-state index is -0.0590. The second-order valence-corrected chi connectivity index (χ2v) is 7.69. The number of hydrogen-bond acceptors (Lipinski definition) is 4. The molecular weight excluding hydrogens is 400 g/mol. The molecule has 7 heteroatoms. The van der Waals surface area contributed by atoms with Crippen molar-refractivity contribution < 1.29 is 9.53 Å². The summed E-state index contributed by atoms with van der Waals surface area (Å²) in [7, 11) is 1.66. The van der Waals surface area contributed by atoms with Gasteiger partial charge in [-0.15, -0.1) is 0 Å². The normalized spacial score (nSPS) is 14.5. The van der Waals surface area contributed by atoms with Crippen LogP contribution in [0.2, 0.25) is 5.15 Å². The Morgan fingerprint density at radius 3 is 2.40 bits per heavy atom. The molecule has 0 saturated carbocycles. The highest BCUT2D eigenvalue weighted by atomic mass is 35.5. The fourth-order valence-corrected chi connectivity index (χ4v) is 4.17. The third-order valence-corrected chi connectivity index (χ3v) is 5.79. The van der Waals surface area contributed by atoms with Crippen molar-refractivity contribution in [3.05, 3.63) is 71.0 Å². The number of benzene rings is 2. The molecule has 6 nitrogen and oxygen atoms in total. The molecule has 1 fully saturated rings. The first-order valence-electron chi connectivity index (χ1n) is 10.1. The van der Waals surface area contributed by atoms with E-state index >= 15 is 0 Å². The minimum absolute atomic E-state index is 0.0590. The van der Waals surface area contributed by atoms with Crippen molar-refractivity contribution in [2.24, 2.45) is 0 Å². The molecule has 0 spiro atoms. The lowest BCUT2D eigenvalue weighted by Crippen LogP contribution is -2.35. The second-order valence-electron chi connectivity index (χ2n) is 7.33. The average Bonchev–Trinajstić information content (AvgIpc) is 2.95. The first-order chi connectivity index (χ1) is 14.6. The van der Waals surface area contributed by atoms with E-state index in [4.69, 9.17) is 16.3 Å². The van der Waals surface area contributed by atoms with Crippen molar-refractivity contribution in [1.29, 1.82) is 0 Å². The Morgan fingerprint density at radius 2 is 1.70 bits per heavy atom. The van der Waals surface area contributed by atoms with Gasteiger partial charge in [-0.2, -0.15) is 5.10 Å². The molecule has 0 aliphatic carbocycles. The van der Waals surface area contributed by atoms with Crippen molar-refractivity contribution in [3.8, 4) is 11.4 Å². The monoisotopic (exact) mass is 424 g/mol. The predicted molar refractivity (Wildman–Crippen MR) is 119 cm³/mol. The molecule has 1 aliphatic heterocycles. The van der Waals surface area contributed by atoms with E-state index in [1.165, 1.54) is 0 Å². The Hall–Kier alpha value is -2.99. The highest BCUT2D eigenvalue weighted by Crippen LogP contribution is 2.26. The van der Waals surface area contributed by atoms with Crippen LogP contribution in [-0.2, 0) is 0 Å². The average molecular weight is 425 g/mol. The van der Waals surface area contributed by atoms with Crippen LogP contribution in [0.1, 0.15) is 22.5 Å². The summed E-state index contributed by atoms with van der Waals surface area (Å²) in [5.74, 6) is 0.780. The molecule has 1 aromatic heterocycles. The van der Waals surface area contributed by atoms with Crippen molar-refractivity contribution in [1.82, 2.24) is 14.7 Å². The summed E-state index contributed by atoms with van der Waals surface area (Å²) >= 11 is 6.60. The predicted octanol–water partition coefficient (Wildman–Crippen LogP) is 4.20. The summed E-state index contributed by atoms with van der Waals surface area (Å²) in [6.45, 7) is 4.82. The molecule has 0 radical (unpaired) electrons. The fourth-order valence-electron chi connectivity index (χ4n) is 3.81. The van der Waals surface area contributed by atoms with Gasteiger partial charge in [-0.05, 0) is 49.7 Å². The van der Waals surface area contributed by atoms with E-state index in [1.807, 2.05) is 54.3 Å². The number of carbonyl (C=O) groups excluding carboxylic acids is 1. The van der Waals surface area contributed by atoms with Gasteiger partial charge in [0, 0.05) is 31.9 Å². The van der Waals surface area contributed by atoms with Crippen LogP contribution in [0.3, 0.4) is 0 Å². The highest BCUT2D eigenvalue weighted by molar-refractivity contribution is 6.33. The largest absolute Gasteiger partial charge is 0.497 e. The van der Waals surface area contributed by atoms with Crippen molar-refractivity contribution >= 4 is 23.2 Å². The number of hydrogen-bond donors (Lipinski definition) is 0. The van der Waals surface area contributed by atoms with Crippen LogP contribution in [0.25, 0.3) is 5.69 Å². The zero-order chi connectivity index (χ0) is 21.1. The molecule has 3 aromatic rings. The zero-order valence-corrected chi connectivity index (χ0v) is 18.0. The van der Waals surface area contributed by atoms with Crippen LogP contribution in [0.4, 0.5) is 5.69 Å². The number of rotatable bonds is 4. The van der Waals surface area contributed by atoms with Crippen LogP contribution in [0.5, 0.6) is 5.75 Å². The van der Waals surface area contributed by atoms with Crippen LogP contribution in [0, 0.1) is 6.92 Å². The number of ether oxygens (including phenoxy) is 1. The van der Waals surface area contributed by atoms with Gasteiger partial charge in [0.1, 0.15) is 10.9 Å². The van der Waals surface area contributed by atoms with E-state index in [2.05, 4.69) is 22.1 Å². The highest BCUT2D eigenvalue weighted by Gasteiger charge is 2.27. The maximum atomic E-state index is 13.3. The molecule has 1 saturated heterocycles. The van der Waals surface area contributed by atoms with E-state index in [0.717, 1.165) is 36.6 Å². The summed E-state index contributed by atoms with van der Waals surface area (Å²) in [5.41, 5.74) is 3.10.